The lowest BCUT2D eigenvalue weighted by molar-refractivity contribution is -0.156. The van der Waals surface area contributed by atoms with Crippen LogP contribution in [0.1, 0.15) is 81.5 Å². The van der Waals surface area contributed by atoms with Crippen LogP contribution in [0.25, 0.3) is 0 Å². The van der Waals surface area contributed by atoms with Gasteiger partial charge in [-0.25, -0.2) is 0 Å². The van der Waals surface area contributed by atoms with E-state index in [-0.39, 0.29) is 11.3 Å². The zero-order valence-corrected chi connectivity index (χ0v) is 16.8. The number of hydrogen-bond acceptors (Lipinski definition) is 3. The Bertz CT molecular complexity index is 767. The predicted molar refractivity (Wildman–Crippen MR) is 104 cm³/mol. The molecule has 1 N–H and O–H groups in total. The van der Waals surface area contributed by atoms with Gasteiger partial charge in [0.1, 0.15) is 7.11 Å². The third-order valence-corrected chi connectivity index (χ3v) is 7.05. The standard InChI is InChI=1S/C22H31NO3/c1-13(2)15-8-9-16-19(14(15)3)17(23-26-6)12-18-21(16,4)10-7-11-22(18,5)20(24)25/h8-9,13,18H,7,10-12H2,1-6H3,(H,24,25)/b23-17+/t18-,21-,22-/m1/s1. The summed E-state index contributed by atoms with van der Waals surface area (Å²) in [7, 11) is 1.57. The molecule has 2 aliphatic carbocycles. The second-order valence-electron chi connectivity index (χ2n) is 8.83. The van der Waals surface area contributed by atoms with Crippen molar-refractivity contribution in [3.05, 3.63) is 34.4 Å². The van der Waals surface area contributed by atoms with E-state index in [9.17, 15) is 9.90 Å². The molecule has 1 saturated carbocycles. The number of carboxylic acids is 1. The summed E-state index contributed by atoms with van der Waals surface area (Å²) in [5.74, 6) is -0.235. The van der Waals surface area contributed by atoms with Crippen LogP contribution in [0.4, 0.5) is 0 Å². The minimum Gasteiger partial charge on any atom is -0.481 e. The van der Waals surface area contributed by atoms with E-state index < -0.39 is 11.4 Å². The number of carbonyl (C=O) groups is 1. The molecule has 0 bridgehead atoms. The van der Waals surface area contributed by atoms with Crippen molar-refractivity contribution in [1.29, 1.82) is 0 Å². The van der Waals surface area contributed by atoms with E-state index in [0.29, 0.717) is 12.3 Å². The molecule has 4 heteroatoms. The number of fused-ring (bicyclic) bond motifs is 3. The lowest BCUT2D eigenvalue weighted by atomic mass is 9.49. The average Bonchev–Trinajstić information content (AvgIpc) is 2.56. The topological polar surface area (TPSA) is 58.9 Å². The summed E-state index contributed by atoms with van der Waals surface area (Å²) in [5, 5.41) is 14.4. The maximum Gasteiger partial charge on any atom is 0.309 e. The Balaban J connectivity index is 2.28. The Labute approximate surface area is 156 Å². The maximum atomic E-state index is 12.2. The number of benzene rings is 1. The summed E-state index contributed by atoms with van der Waals surface area (Å²) in [6, 6.07) is 4.45. The summed E-state index contributed by atoms with van der Waals surface area (Å²) < 4.78 is 0. The Hall–Kier alpha value is -1.84. The first-order valence-corrected chi connectivity index (χ1v) is 9.64. The van der Waals surface area contributed by atoms with Crippen molar-refractivity contribution in [2.45, 2.75) is 71.6 Å². The number of aliphatic carboxylic acids is 1. The fourth-order valence-electron chi connectivity index (χ4n) is 5.59. The minimum absolute atomic E-state index is 0.0203. The van der Waals surface area contributed by atoms with E-state index >= 15 is 0 Å². The van der Waals surface area contributed by atoms with Crippen LogP contribution in [0.15, 0.2) is 17.3 Å². The summed E-state index contributed by atoms with van der Waals surface area (Å²) >= 11 is 0. The first-order chi connectivity index (χ1) is 12.2. The smallest absolute Gasteiger partial charge is 0.309 e. The van der Waals surface area contributed by atoms with Gasteiger partial charge in [0.15, 0.2) is 0 Å². The van der Waals surface area contributed by atoms with Crippen molar-refractivity contribution < 1.29 is 14.7 Å². The molecule has 3 atom stereocenters. The molecule has 0 aromatic heterocycles. The second kappa shape index (κ2) is 6.40. The van der Waals surface area contributed by atoms with Gasteiger partial charge in [-0.3, -0.25) is 4.79 Å². The molecule has 3 rings (SSSR count). The number of oxime groups is 1. The van der Waals surface area contributed by atoms with Crippen LogP contribution in [0.3, 0.4) is 0 Å². The van der Waals surface area contributed by atoms with Crippen molar-refractivity contribution in [3.8, 4) is 0 Å². The normalized spacial score (nSPS) is 32.3. The van der Waals surface area contributed by atoms with E-state index in [1.54, 1.807) is 7.11 Å². The highest BCUT2D eigenvalue weighted by molar-refractivity contribution is 6.05. The molecular formula is C22H31NO3. The molecule has 0 aliphatic heterocycles. The lowest BCUT2D eigenvalue weighted by Gasteiger charge is -2.53. The van der Waals surface area contributed by atoms with Gasteiger partial charge < -0.3 is 9.94 Å². The highest BCUT2D eigenvalue weighted by atomic mass is 16.6. The molecule has 26 heavy (non-hydrogen) atoms. The maximum absolute atomic E-state index is 12.2. The molecule has 1 aromatic carbocycles. The van der Waals surface area contributed by atoms with Crippen LogP contribution in [0.2, 0.25) is 0 Å². The molecule has 2 aliphatic rings. The van der Waals surface area contributed by atoms with Gasteiger partial charge in [-0.1, -0.05) is 44.5 Å². The van der Waals surface area contributed by atoms with E-state index in [0.717, 1.165) is 25.0 Å². The largest absolute Gasteiger partial charge is 0.481 e. The second-order valence-corrected chi connectivity index (χ2v) is 8.83. The van der Waals surface area contributed by atoms with Crippen LogP contribution in [0, 0.1) is 18.3 Å². The summed E-state index contributed by atoms with van der Waals surface area (Å²) in [6.45, 7) is 10.8. The molecule has 4 nitrogen and oxygen atoms in total. The number of hydrogen-bond donors (Lipinski definition) is 1. The molecule has 0 radical (unpaired) electrons. The molecule has 0 amide bonds. The SMILES string of the molecule is CO/N=C1\C[C@H]2[C@](C)(C(=O)O)CCC[C@]2(C)c2ccc(C(C)C)c(C)c21. The molecule has 0 heterocycles. The predicted octanol–water partition coefficient (Wildman–Crippen LogP) is 5.02. The summed E-state index contributed by atoms with van der Waals surface area (Å²) in [5.41, 5.74) is 5.05. The Morgan fingerprint density at radius 3 is 2.58 bits per heavy atom. The first kappa shape index (κ1) is 18.9. The minimum atomic E-state index is -0.732. The molecule has 0 spiro atoms. The van der Waals surface area contributed by atoms with Gasteiger partial charge >= 0.3 is 5.97 Å². The van der Waals surface area contributed by atoms with Crippen molar-refractivity contribution in [2.24, 2.45) is 16.5 Å². The molecule has 142 valence electrons. The highest BCUT2D eigenvalue weighted by Gasteiger charge is 2.56. The average molecular weight is 357 g/mol. The Morgan fingerprint density at radius 1 is 1.31 bits per heavy atom. The van der Waals surface area contributed by atoms with Crippen molar-refractivity contribution in [2.75, 3.05) is 7.11 Å². The van der Waals surface area contributed by atoms with Gasteiger partial charge in [0.25, 0.3) is 0 Å². The van der Waals surface area contributed by atoms with E-state index in [2.05, 4.69) is 45.0 Å². The Kier molecular flexibility index (Phi) is 4.66. The number of nitrogens with zero attached hydrogens (tertiary/aromatic N) is 1. The van der Waals surface area contributed by atoms with Crippen molar-refractivity contribution in [1.82, 2.24) is 0 Å². The highest BCUT2D eigenvalue weighted by Crippen LogP contribution is 2.58. The quantitative estimate of drug-likeness (QED) is 0.773. The fraction of sp³-hybridized carbons (Fsp3) is 0.636. The number of rotatable bonds is 3. The van der Waals surface area contributed by atoms with Gasteiger partial charge in [0, 0.05) is 5.56 Å². The van der Waals surface area contributed by atoms with Gasteiger partial charge in [-0.15, -0.1) is 0 Å². The first-order valence-electron chi connectivity index (χ1n) is 9.64. The van der Waals surface area contributed by atoms with Gasteiger partial charge in [-0.05, 0) is 67.1 Å². The lowest BCUT2D eigenvalue weighted by Crippen LogP contribution is -2.53. The summed E-state index contributed by atoms with van der Waals surface area (Å²) in [6.07, 6.45) is 3.34. The van der Waals surface area contributed by atoms with Crippen LogP contribution >= 0.6 is 0 Å². The van der Waals surface area contributed by atoms with Crippen LogP contribution in [-0.4, -0.2) is 23.9 Å². The fourth-order valence-corrected chi connectivity index (χ4v) is 5.59. The molecular weight excluding hydrogens is 326 g/mol. The Morgan fingerprint density at radius 2 is 2.00 bits per heavy atom. The molecule has 1 aromatic rings. The zero-order valence-electron chi connectivity index (χ0n) is 16.8. The molecule has 0 saturated heterocycles. The van der Waals surface area contributed by atoms with Crippen LogP contribution in [0.5, 0.6) is 0 Å². The van der Waals surface area contributed by atoms with Crippen molar-refractivity contribution >= 4 is 11.7 Å². The van der Waals surface area contributed by atoms with E-state index in [4.69, 9.17) is 4.84 Å². The van der Waals surface area contributed by atoms with Crippen LogP contribution in [-0.2, 0) is 15.0 Å². The monoisotopic (exact) mass is 357 g/mol. The summed E-state index contributed by atoms with van der Waals surface area (Å²) in [4.78, 5) is 17.4. The number of carboxylic acid groups (broad SMARTS) is 1. The molecule has 1 fully saturated rings. The van der Waals surface area contributed by atoms with Gasteiger partial charge in [0.05, 0.1) is 11.1 Å². The molecule has 0 unspecified atom stereocenters. The van der Waals surface area contributed by atoms with Crippen molar-refractivity contribution in [3.63, 3.8) is 0 Å². The zero-order chi connectivity index (χ0) is 19.3. The van der Waals surface area contributed by atoms with Gasteiger partial charge in [0.2, 0.25) is 0 Å². The van der Waals surface area contributed by atoms with Gasteiger partial charge in [-0.2, -0.15) is 0 Å². The third-order valence-electron chi connectivity index (χ3n) is 7.05. The van der Waals surface area contributed by atoms with E-state index in [1.165, 1.54) is 22.3 Å². The van der Waals surface area contributed by atoms with Crippen LogP contribution < -0.4 is 0 Å². The van der Waals surface area contributed by atoms with E-state index in [1.807, 2.05) is 6.92 Å². The third kappa shape index (κ3) is 2.57.